The molecule has 1 N–H and O–H groups in total. The zero-order chi connectivity index (χ0) is 20.1. The number of nitrogens with zero attached hydrogens (tertiary/aromatic N) is 3. The molecule has 144 valence electrons. The van der Waals surface area contributed by atoms with E-state index in [0.29, 0.717) is 14.0 Å². The number of aromatic nitrogens is 2. The van der Waals surface area contributed by atoms with E-state index in [1.165, 1.54) is 48.4 Å². The van der Waals surface area contributed by atoms with Gasteiger partial charge in [-0.05, 0) is 30.4 Å². The van der Waals surface area contributed by atoms with Crippen LogP contribution in [0.15, 0.2) is 52.9 Å². The number of carbonyl (C=O) groups excluding carboxylic acids is 1. The summed E-state index contributed by atoms with van der Waals surface area (Å²) in [7, 11) is 1.43. The number of rotatable bonds is 7. The molecule has 0 aliphatic carbocycles. The average Bonchev–Trinajstić information content (AvgIpc) is 3.07. The maximum atomic E-state index is 12.3. The van der Waals surface area contributed by atoms with E-state index in [1.54, 1.807) is 4.68 Å². The van der Waals surface area contributed by atoms with Crippen LogP contribution >= 0.6 is 35.3 Å². The van der Waals surface area contributed by atoms with Gasteiger partial charge in [0, 0.05) is 12.1 Å². The highest BCUT2D eigenvalue weighted by atomic mass is 32.2. The molecule has 0 radical (unpaired) electrons. The molecule has 1 heterocycles. The molecule has 0 saturated heterocycles. The number of nitro benzene ring substituents is 1. The van der Waals surface area contributed by atoms with Crippen molar-refractivity contribution in [2.75, 3.05) is 18.2 Å². The van der Waals surface area contributed by atoms with E-state index in [1.807, 2.05) is 30.3 Å². The van der Waals surface area contributed by atoms with E-state index in [4.69, 9.17) is 17.0 Å². The number of hydrogen-bond donors (Lipinski definition) is 1. The SMILES string of the molecule is COc1ccc([N+](=O)[O-])cc1NC(=O)CSc1nn(-c2ccccc2)c(=S)s1. The van der Waals surface area contributed by atoms with E-state index in [9.17, 15) is 14.9 Å². The van der Waals surface area contributed by atoms with Crippen molar-refractivity contribution < 1.29 is 14.5 Å². The first-order chi connectivity index (χ1) is 13.5. The lowest BCUT2D eigenvalue weighted by Crippen LogP contribution is -2.15. The molecule has 0 spiro atoms. The third-order valence-electron chi connectivity index (χ3n) is 3.52. The summed E-state index contributed by atoms with van der Waals surface area (Å²) in [5.41, 5.74) is 0.953. The van der Waals surface area contributed by atoms with Gasteiger partial charge in [0.1, 0.15) is 5.75 Å². The zero-order valence-electron chi connectivity index (χ0n) is 14.5. The molecule has 28 heavy (non-hydrogen) atoms. The summed E-state index contributed by atoms with van der Waals surface area (Å²) in [5.74, 6) is 0.0762. The Balaban J connectivity index is 1.68. The van der Waals surface area contributed by atoms with E-state index in [2.05, 4.69) is 10.4 Å². The molecule has 1 aromatic heterocycles. The van der Waals surface area contributed by atoms with E-state index in [0.717, 1.165) is 5.69 Å². The van der Waals surface area contributed by atoms with Crippen molar-refractivity contribution in [1.82, 2.24) is 9.78 Å². The summed E-state index contributed by atoms with van der Waals surface area (Å²) in [5, 5.41) is 18.0. The van der Waals surface area contributed by atoms with Gasteiger partial charge in [0.15, 0.2) is 8.29 Å². The molecule has 0 aliphatic rings. The third-order valence-corrected chi connectivity index (χ3v) is 5.89. The fourth-order valence-corrected chi connectivity index (χ4v) is 4.43. The lowest BCUT2D eigenvalue weighted by molar-refractivity contribution is -0.384. The van der Waals surface area contributed by atoms with Crippen LogP contribution in [0.2, 0.25) is 0 Å². The summed E-state index contributed by atoms with van der Waals surface area (Å²) < 4.78 is 8.01. The Morgan fingerprint density at radius 3 is 2.79 bits per heavy atom. The Labute approximate surface area is 173 Å². The van der Waals surface area contributed by atoms with Gasteiger partial charge in [0.2, 0.25) is 5.91 Å². The first-order valence-corrected chi connectivity index (χ1v) is 10.1. The first-order valence-electron chi connectivity index (χ1n) is 7.88. The maximum absolute atomic E-state index is 12.3. The standard InChI is InChI=1S/C17H14N4O4S3/c1-25-14-8-7-12(21(23)24)9-13(14)18-15(22)10-27-16-19-20(17(26)28-16)11-5-3-2-4-6-11/h2-9H,10H2,1H3,(H,18,22). The van der Waals surface area contributed by atoms with Gasteiger partial charge in [0.05, 0.1) is 29.2 Å². The van der Waals surface area contributed by atoms with Gasteiger partial charge in [-0.25, -0.2) is 4.68 Å². The fraction of sp³-hybridized carbons (Fsp3) is 0.118. The predicted octanol–water partition coefficient (Wildman–Crippen LogP) is 4.31. The molecule has 0 atom stereocenters. The predicted molar refractivity (Wildman–Crippen MR) is 111 cm³/mol. The molecule has 0 bridgehead atoms. The number of carbonyl (C=O) groups is 1. The minimum absolute atomic E-state index is 0.0723. The molecule has 0 aliphatic heterocycles. The number of amides is 1. The van der Waals surface area contributed by atoms with Crippen molar-refractivity contribution in [1.29, 1.82) is 0 Å². The van der Waals surface area contributed by atoms with Crippen LogP contribution in [0.3, 0.4) is 0 Å². The second kappa shape index (κ2) is 8.95. The largest absolute Gasteiger partial charge is 0.495 e. The quantitative estimate of drug-likeness (QED) is 0.256. The van der Waals surface area contributed by atoms with Crippen molar-refractivity contribution in [3.63, 3.8) is 0 Å². The minimum Gasteiger partial charge on any atom is -0.495 e. The fourth-order valence-electron chi connectivity index (χ4n) is 2.27. The summed E-state index contributed by atoms with van der Waals surface area (Å²) in [4.78, 5) is 22.7. The maximum Gasteiger partial charge on any atom is 0.271 e. The molecule has 3 aromatic rings. The molecular formula is C17H14N4O4S3. The molecule has 8 nitrogen and oxygen atoms in total. The lowest BCUT2D eigenvalue weighted by Gasteiger charge is -2.09. The minimum atomic E-state index is -0.535. The molecule has 1 amide bonds. The van der Waals surface area contributed by atoms with Gasteiger partial charge in [0.25, 0.3) is 5.69 Å². The van der Waals surface area contributed by atoms with Gasteiger partial charge in [-0.3, -0.25) is 14.9 Å². The van der Waals surface area contributed by atoms with Crippen LogP contribution in [-0.4, -0.2) is 33.5 Å². The molecule has 3 rings (SSSR count). The van der Waals surface area contributed by atoms with Crippen molar-refractivity contribution in [3.8, 4) is 11.4 Å². The van der Waals surface area contributed by atoms with Crippen molar-refractivity contribution >= 4 is 52.6 Å². The van der Waals surface area contributed by atoms with Crippen LogP contribution in [0.1, 0.15) is 0 Å². The highest BCUT2D eigenvalue weighted by Crippen LogP contribution is 2.29. The highest BCUT2D eigenvalue weighted by molar-refractivity contribution is 8.01. The topological polar surface area (TPSA) is 99.3 Å². The third kappa shape index (κ3) is 4.74. The number of ether oxygens (including phenoxy) is 1. The summed E-state index contributed by atoms with van der Waals surface area (Å²) >= 11 is 7.88. The Hall–Kier alpha value is -2.76. The number of thioether (sulfide) groups is 1. The van der Waals surface area contributed by atoms with Crippen molar-refractivity contribution in [2.24, 2.45) is 0 Å². The van der Waals surface area contributed by atoms with Gasteiger partial charge in [-0.2, -0.15) is 0 Å². The number of non-ortho nitro benzene ring substituents is 1. The monoisotopic (exact) mass is 434 g/mol. The number of nitro groups is 1. The Morgan fingerprint density at radius 2 is 2.11 bits per heavy atom. The molecule has 11 heteroatoms. The van der Waals surface area contributed by atoms with E-state index >= 15 is 0 Å². The molecule has 2 aromatic carbocycles. The van der Waals surface area contributed by atoms with Crippen LogP contribution in [-0.2, 0) is 4.79 Å². The summed E-state index contributed by atoms with van der Waals surface area (Å²) in [6.07, 6.45) is 0. The second-order valence-corrected chi connectivity index (χ2v) is 8.20. The number of hydrogen-bond acceptors (Lipinski definition) is 8. The number of para-hydroxylation sites is 1. The average molecular weight is 435 g/mol. The van der Waals surface area contributed by atoms with Crippen LogP contribution in [0.25, 0.3) is 5.69 Å². The molecule has 0 unspecified atom stereocenters. The Morgan fingerprint density at radius 1 is 1.36 bits per heavy atom. The van der Waals surface area contributed by atoms with Gasteiger partial charge >= 0.3 is 0 Å². The van der Waals surface area contributed by atoms with Crippen LogP contribution in [0.4, 0.5) is 11.4 Å². The van der Waals surface area contributed by atoms with Gasteiger partial charge in [-0.15, -0.1) is 5.10 Å². The number of nitrogens with one attached hydrogen (secondary N) is 1. The van der Waals surface area contributed by atoms with Crippen LogP contribution < -0.4 is 10.1 Å². The number of benzene rings is 2. The molecular weight excluding hydrogens is 420 g/mol. The Bertz CT molecular complexity index is 1070. The second-order valence-electron chi connectivity index (χ2n) is 5.36. The lowest BCUT2D eigenvalue weighted by atomic mass is 10.2. The van der Waals surface area contributed by atoms with E-state index < -0.39 is 4.92 Å². The smallest absolute Gasteiger partial charge is 0.271 e. The molecule has 0 saturated carbocycles. The van der Waals surface area contributed by atoms with Crippen LogP contribution in [0, 0.1) is 14.1 Å². The molecule has 0 fully saturated rings. The summed E-state index contributed by atoms with van der Waals surface area (Å²) in [6, 6.07) is 13.5. The number of anilines is 1. The van der Waals surface area contributed by atoms with Crippen molar-refractivity contribution in [2.45, 2.75) is 4.34 Å². The van der Waals surface area contributed by atoms with Gasteiger partial charge < -0.3 is 10.1 Å². The first kappa shape index (κ1) is 20.0. The highest BCUT2D eigenvalue weighted by Gasteiger charge is 2.15. The van der Waals surface area contributed by atoms with Crippen molar-refractivity contribution in [3.05, 3.63) is 62.6 Å². The van der Waals surface area contributed by atoms with Gasteiger partial charge in [-0.1, -0.05) is 41.3 Å². The summed E-state index contributed by atoms with van der Waals surface area (Å²) in [6.45, 7) is 0. The normalized spacial score (nSPS) is 10.5. The Kier molecular flexibility index (Phi) is 6.39. The number of methoxy groups -OCH3 is 1. The van der Waals surface area contributed by atoms with E-state index in [-0.39, 0.29) is 23.0 Å². The van der Waals surface area contributed by atoms with Crippen LogP contribution in [0.5, 0.6) is 5.75 Å². The zero-order valence-corrected chi connectivity index (χ0v) is 17.0.